The van der Waals surface area contributed by atoms with E-state index < -0.39 is 0 Å². The second kappa shape index (κ2) is 10.5. The number of hydrogen-bond donors (Lipinski definition) is 2. The van der Waals surface area contributed by atoms with Crippen molar-refractivity contribution in [3.8, 4) is 5.75 Å². The summed E-state index contributed by atoms with van der Waals surface area (Å²) in [5, 5.41) is 5.77. The number of anilines is 2. The lowest BCUT2D eigenvalue weighted by Gasteiger charge is -2.27. The molecule has 2 aliphatic heterocycles. The van der Waals surface area contributed by atoms with Crippen LogP contribution in [0.4, 0.5) is 11.4 Å². The van der Waals surface area contributed by atoms with Crippen molar-refractivity contribution < 1.29 is 23.9 Å². The highest BCUT2D eigenvalue weighted by atomic mass is 16.5. The van der Waals surface area contributed by atoms with Gasteiger partial charge in [0.05, 0.1) is 19.8 Å². The van der Waals surface area contributed by atoms with Crippen molar-refractivity contribution in [2.45, 2.75) is 32.6 Å². The normalized spacial score (nSPS) is 15.4. The molecule has 1 saturated heterocycles. The number of aryl methyl sites for hydroxylation is 1. The van der Waals surface area contributed by atoms with Crippen molar-refractivity contribution in [1.82, 2.24) is 4.90 Å². The Morgan fingerprint density at radius 3 is 2.79 bits per heavy atom. The van der Waals surface area contributed by atoms with Crippen LogP contribution in [0.5, 0.6) is 5.75 Å². The van der Waals surface area contributed by atoms with Gasteiger partial charge in [-0.25, -0.2) is 0 Å². The molecule has 0 saturated carbocycles. The first-order valence-corrected chi connectivity index (χ1v) is 11.3. The van der Waals surface area contributed by atoms with E-state index in [1.807, 2.05) is 31.2 Å². The molecule has 8 heteroatoms. The summed E-state index contributed by atoms with van der Waals surface area (Å²) in [5.74, 6) is 0.611. The lowest BCUT2D eigenvalue weighted by molar-refractivity contribution is -0.117. The van der Waals surface area contributed by atoms with Crippen LogP contribution in [-0.2, 0) is 20.7 Å². The van der Waals surface area contributed by atoms with Gasteiger partial charge in [-0.1, -0.05) is 6.07 Å². The van der Waals surface area contributed by atoms with Gasteiger partial charge in [0.2, 0.25) is 11.8 Å². The van der Waals surface area contributed by atoms with Crippen LogP contribution in [0, 0.1) is 6.92 Å². The van der Waals surface area contributed by atoms with Crippen molar-refractivity contribution in [1.29, 1.82) is 0 Å². The lowest BCUT2D eigenvalue weighted by atomic mass is 10.0. The summed E-state index contributed by atoms with van der Waals surface area (Å²) < 4.78 is 11.1. The maximum Gasteiger partial charge on any atom is 0.254 e. The van der Waals surface area contributed by atoms with Gasteiger partial charge in [-0.3, -0.25) is 14.4 Å². The van der Waals surface area contributed by atoms with Gasteiger partial charge in [0, 0.05) is 42.9 Å². The third-order valence-electron chi connectivity index (χ3n) is 5.93. The first-order chi connectivity index (χ1) is 16.0. The van der Waals surface area contributed by atoms with Gasteiger partial charge in [0.1, 0.15) is 5.75 Å². The number of ether oxygens (including phenoxy) is 2. The molecule has 0 atom stereocenters. The van der Waals surface area contributed by atoms with E-state index >= 15 is 0 Å². The highest BCUT2D eigenvalue weighted by Gasteiger charge is 2.21. The maximum absolute atomic E-state index is 12.8. The van der Waals surface area contributed by atoms with Crippen LogP contribution in [0.25, 0.3) is 0 Å². The van der Waals surface area contributed by atoms with Crippen LogP contribution < -0.4 is 15.4 Å². The zero-order chi connectivity index (χ0) is 23.2. The molecule has 2 N–H and O–H groups in total. The van der Waals surface area contributed by atoms with Gasteiger partial charge in [-0.2, -0.15) is 0 Å². The predicted molar refractivity (Wildman–Crippen MR) is 125 cm³/mol. The smallest absolute Gasteiger partial charge is 0.254 e. The maximum atomic E-state index is 12.8. The second-order valence-electron chi connectivity index (χ2n) is 8.25. The average Bonchev–Trinajstić information content (AvgIpc) is 2.83. The predicted octanol–water partition coefficient (Wildman–Crippen LogP) is 3.15. The highest BCUT2D eigenvalue weighted by Crippen LogP contribution is 2.27. The Labute approximate surface area is 193 Å². The zero-order valence-electron chi connectivity index (χ0n) is 18.8. The van der Waals surface area contributed by atoms with Crippen molar-refractivity contribution in [2.75, 3.05) is 43.5 Å². The molecular formula is C25H29N3O5. The Bertz CT molecular complexity index is 1050. The number of nitrogens with one attached hydrogen (secondary N) is 2. The summed E-state index contributed by atoms with van der Waals surface area (Å²) in [6, 6.07) is 11.0. The van der Waals surface area contributed by atoms with Crippen LogP contribution in [0.3, 0.4) is 0 Å². The van der Waals surface area contributed by atoms with Crippen LogP contribution in [0.2, 0.25) is 0 Å². The second-order valence-corrected chi connectivity index (χ2v) is 8.25. The minimum Gasteiger partial charge on any atom is -0.494 e. The van der Waals surface area contributed by atoms with Crippen LogP contribution in [-0.4, -0.2) is 55.5 Å². The van der Waals surface area contributed by atoms with E-state index in [0.29, 0.717) is 69.8 Å². The molecule has 0 bridgehead atoms. The van der Waals surface area contributed by atoms with Crippen LogP contribution in [0.15, 0.2) is 36.4 Å². The molecule has 0 spiro atoms. The molecule has 3 amide bonds. The van der Waals surface area contributed by atoms with Gasteiger partial charge < -0.3 is 25.0 Å². The lowest BCUT2D eigenvalue weighted by Crippen LogP contribution is -2.41. The van der Waals surface area contributed by atoms with E-state index in [2.05, 4.69) is 10.6 Å². The summed E-state index contributed by atoms with van der Waals surface area (Å²) >= 11 is 0. The number of fused-ring (bicyclic) bond motifs is 1. The molecule has 0 aromatic heterocycles. The Balaban J connectivity index is 1.26. The summed E-state index contributed by atoms with van der Waals surface area (Å²) in [6.07, 6.45) is 2.05. The monoisotopic (exact) mass is 451 g/mol. The van der Waals surface area contributed by atoms with E-state index in [4.69, 9.17) is 9.47 Å². The standard InChI is InChI=1S/C25H29N3O5/c1-17-20(25(31)28-11-14-32-15-12-28)4-2-5-21(17)26-23(29)6-3-13-33-19-8-9-22-18(16-19)7-10-24(30)27-22/h2,4-5,8-9,16H,3,6-7,10-15H2,1H3,(H,26,29)(H,27,30). The molecule has 2 aromatic rings. The number of amides is 3. The van der Waals surface area contributed by atoms with E-state index in [-0.39, 0.29) is 17.7 Å². The van der Waals surface area contributed by atoms with Crippen LogP contribution in [0.1, 0.15) is 40.7 Å². The van der Waals surface area contributed by atoms with E-state index in [1.165, 1.54) is 0 Å². The molecule has 0 unspecified atom stereocenters. The third kappa shape index (κ3) is 5.70. The van der Waals surface area contributed by atoms with Gasteiger partial charge in [0.15, 0.2) is 0 Å². The number of carbonyl (C=O) groups is 3. The number of hydrogen-bond acceptors (Lipinski definition) is 5. The third-order valence-corrected chi connectivity index (χ3v) is 5.93. The Kier molecular flexibility index (Phi) is 7.24. The van der Waals surface area contributed by atoms with Gasteiger partial charge in [-0.15, -0.1) is 0 Å². The van der Waals surface area contributed by atoms with E-state index in [9.17, 15) is 14.4 Å². The summed E-state index contributed by atoms with van der Waals surface area (Å²) in [5.41, 5.74) is 3.91. The van der Waals surface area contributed by atoms with Crippen molar-refractivity contribution in [2.24, 2.45) is 0 Å². The molecule has 4 rings (SSSR count). The Morgan fingerprint density at radius 2 is 1.97 bits per heavy atom. The molecule has 0 radical (unpaired) electrons. The Hall–Kier alpha value is -3.39. The molecule has 2 aliphatic rings. The van der Waals surface area contributed by atoms with Crippen molar-refractivity contribution in [3.63, 3.8) is 0 Å². The van der Waals surface area contributed by atoms with Crippen molar-refractivity contribution in [3.05, 3.63) is 53.1 Å². The van der Waals surface area contributed by atoms with Crippen LogP contribution >= 0.6 is 0 Å². The Morgan fingerprint density at radius 1 is 1.15 bits per heavy atom. The number of benzene rings is 2. The molecule has 2 aromatic carbocycles. The minimum atomic E-state index is -0.120. The first kappa shape index (κ1) is 22.8. The number of rotatable bonds is 7. The molecule has 1 fully saturated rings. The van der Waals surface area contributed by atoms with Gasteiger partial charge in [-0.05, 0) is 61.2 Å². The molecule has 8 nitrogen and oxygen atoms in total. The van der Waals surface area contributed by atoms with E-state index in [1.54, 1.807) is 17.0 Å². The minimum absolute atomic E-state index is 0.0356. The summed E-state index contributed by atoms with van der Waals surface area (Å²) in [4.78, 5) is 38.5. The number of morpholine rings is 1. The first-order valence-electron chi connectivity index (χ1n) is 11.3. The fourth-order valence-corrected chi connectivity index (χ4v) is 4.02. The SMILES string of the molecule is Cc1c(NC(=O)CCCOc2ccc3c(c2)CCC(=O)N3)cccc1C(=O)N1CCOCC1. The molecule has 174 valence electrons. The molecular weight excluding hydrogens is 422 g/mol. The largest absolute Gasteiger partial charge is 0.494 e. The number of carbonyl (C=O) groups excluding carboxylic acids is 3. The quantitative estimate of drug-likeness (QED) is 0.631. The topological polar surface area (TPSA) is 97.0 Å². The highest BCUT2D eigenvalue weighted by molar-refractivity contribution is 5.99. The molecule has 2 heterocycles. The molecule has 33 heavy (non-hydrogen) atoms. The fraction of sp³-hybridized carbons (Fsp3) is 0.400. The van der Waals surface area contributed by atoms with E-state index in [0.717, 1.165) is 22.6 Å². The number of nitrogens with zero attached hydrogens (tertiary/aromatic N) is 1. The molecule has 0 aliphatic carbocycles. The average molecular weight is 452 g/mol. The van der Waals surface area contributed by atoms with Gasteiger partial charge >= 0.3 is 0 Å². The zero-order valence-corrected chi connectivity index (χ0v) is 18.8. The van der Waals surface area contributed by atoms with Crippen molar-refractivity contribution >= 4 is 29.1 Å². The summed E-state index contributed by atoms with van der Waals surface area (Å²) in [7, 11) is 0. The summed E-state index contributed by atoms with van der Waals surface area (Å²) in [6.45, 7) is 4.51. The van der Waals surface area contributed by atoms with Gasteiger partial charge in [0.25, 0.3) is 5.91 Å². The fourth-order valence-electron chi connectivity index (χ4n) is 4.02.